The Morgan fingerprint density at radius 1 is 0.373 bits per heavy atom. The van der Waals surface area contributed by atoms with Crippen molar-refractivity contribution in [3.63, 3.8) is 0 Å². The van der Waals surface area contributed by atoms with Crippen LogP contribution in [0.15, 0.2) is 0 Å². The molecule has 0 aromatic carbocycles. The number of aliphatic carboxylic acids is 6. The molecule has 6 unspecified atom stereocenters. The molecule has 0 saturated heterocycles. The molecule has 0 radical (unpaired) electrons. The van der Waals surface area contributed by atoms with Gasteiger partial charge in [0.1, 0.15) is 0 Å². The molecular weight excluding hydrogens is 934 g/mol. The Morgan fingerprint density at radius 3 is 0.667 bits per heavy atom. The van der Waals surface area contributed by atoms with Gasteiger partial charge in [0.15, 0.2) is 0 Å². The minimum atomic E-state index is -1.26. The van der Waals surface area contributed by atoms with E-state index in [1.165, 1.54) is 127 Å². The van der Waals surface area contributed by atoms with E-state index in [0.717, 1.165) is 35.3 Å². The monoisotopic (exact) mass is 994 g/mol. The molecular formula is C34H58O12S3Sn2. The van der Waals surface area contributed by atoms with Crippen LogP contribution in [0.5, 0.6) is 0 Å². The van der Waals surface area contributed by atoms with Crippen LogP contribution in [0.25, 0.3) is 0 Å². The second-order valence-corrected chi connectivity index (χ2v) is 19.1. The van der Waals surface area contributed by atoms with Gasteiger partial charge in [0.2, 0.25) is 0 Å². The number of carboxylic acid groups (broad SMARTS) is 6. The van der Waals surface area contributed by atoms with E-state index in [2.05, 4.69) is 13.8 Å². The topological polar surface area (TPSA) is 241 Å². The average molecular weight is 992 g/mol. The zero-order valence-electron chi connectivity index (χ0n) is 31.5. The van der Waals surface area contributed by atoms with E-state index in [-0.39, 0.29) is 0 Å². The molecule has 0 aromatic heterocycles. The molecule has 12 nitrogen and oxygen atoms in total. The van der Waals surface area contributed by atoms with Crippen molar-refractivity contribution in [1.29, 1.82) is 0 Å². The summed E-state index contributed by atoms with van der Waals surface area (Å²) in [6.45, 7) is 12.8. The van der Waals surface area contributed by atoms with Crippen LogP contribution in [0.2, 0.25) is 8.87 Å². The molecule has 0 aromatic rings. The minimum absolute atomic E-state index is 0.792. The van der Waals surface area contributed by atoms with Crippen LogP contribution in [0.4, 0.5) is 0 Å². The number of carbonyl (C=O) groups excluding carboxylic acids is 6. The number of hydrogen-bond donors (Lipinski definition) is 0. The van der Waals surface area contributed by atoms with E-state index < -0.39 is 67.3 Å². The van der Waals surface area contributed by atoms with Crippen molar-refractivity contribution in [2.24, 2.45) is 0 Å². The first-order chi connectivity index (χ1) is 23.7. The van der Waals surface area contributed by atoms with Gasteiger partial charge in [0.25, 0.3) is 0 Å². The Labute approximate surface area is 345 Å². The van der Waals surface area contributed by atoms with Gasteiger partial charge >= 0.3 is 145 Å². The molecule has 0 bridgehead atoms. The maximum atomic E-state index is 10.1. The molecule has 0 fully saturated rings. The van der Waals surface area contributed by atoms with Gasteiger partial charge < -0.3 is 59.4 Å². The second-order valence-electron chi connectivity index (χ2n) is 11.2. The molecule has 6 atom stereocenters. The number of unbranched alkanes of at least 4 members (excludes halogenated alkanes) is 10. The molecule has 0 aliphatic heterocycles. The van der Waals surface area contributed by atoms with Crippen molar-refractivity contribution in [2.45, 2.75) is 173 Å². The maximum absolute atomic E-state index is 10.1. The van der Waals surface area contributed by atoms with Crippen molar-refractivity contribution in [3.05, 3.63) is 0 Å². The van der Waals surface area contributed by atoms with Crippen LogP contribution in [0.1, 0.15) is 132 Å². The summed E-state index contributed by atoms with van der Waals surface area (Å²) in [4.78, 5) is 60.7. The fraction of sp³-hybridized carbons (Fsp3) is 0.824. The molecule has 51 heavy (non-hydrogen) atoms. The van der Waals surface area contributed by atoms with Gasteiger partial charge in [-0.15, -0.1) is 35.3 Å². The molecule has 292 valence electrons. The molecule has 0 saturated carbocycles. The molecule has 0 aliphatic carbocycles. The first-order valence-corrected chi connectivity index (χ1v) is 24.0. The third-order valence-electron chi connectivity index (χ3n) is 6.28. The Morgan fingerprint density at radius 2 is 0.529 bits per heavy atom. The number of thioether (sulfide) groups is 3. The SMILES string of the molecule is CC(SC(C)C(=O)[O-])C(=O)[O-].CC(SC(C)C(=O)[O-])C(=O)[O-].CC(SC(C)C(=O)[O-])C(=O)[O-].CCCCCCC[CH2][Sn+3].CCCCCCC[CH2][Sn+3]. The van der Waals surface area contributed by atoms with Crippen molar-refractivity contribution < 1.29 is 59.4 Å². The molecule has 0 aliphatic rings. The van der Waals surface area contributed by atoms with E-state index in [9.17, 15) is 59.4 Å². The van der Waals surface area contributed by atoms with Gasteiger partial charge in [0.05, 0.1) is 35.8 Å². The summed E-state index contributed by atoms with van der Waals surface area (Å²) in [6.07, 6.45) is 17.4. The molecule has 0 heterocycles. The fourth-order valence-corrected chi connectivity index (χ4v) is 6.99. The van der Waals surface area contributed by atoms with E-state index >= 15 is 0 Å². The van der Waals surface area contributed by atoms with Crippen LogP contribution in [0, 0.1) is 0 Å². The van der Waals surface area contributed by atoms with E-state index in [1.54, 1.807) is 45.0 Å². The molecule has 0 rings (SSSR count). The van der Waals surface area contributed by atoms with E-state index in [4.69, 9.17) is 0 Å². The molecule has 0 amide bonds. The fourth-order valence-electron chi connectivity index (χ4n) is 3.06. The van der Waals surface area contributed by atoms with Crippen LogP contribution in [0.3, 0.4) is 0 Å². The van der Waals surface area contributed by atoms with E-state index in [0.29, 0.717) is 0 Å². The zero-order chi connectivity index (χ0) is 40.9. The molecule has 0 N–H and O–H groups in total. The first-order valence-electron chi connectivity index (χ1n) is 17.2. The quantitative estimate of drug-likeness (QED) is 0.0903. The van der Waals surface area contributed by atoms with Crippen molar-refractivity contribution in [2.75, 3.05) is 0 Å². The summed E-state index contributed by atoms with van der Waals surface area (Å²) >= 11 is 5.79. The predicted octanol–water partition coefficient (Wildman–Crippen LogP) is -0.143. The Bertz CT molecular complexity index is 745. The van der Waals surface area contributed by atoms with Gasteiger partial charge in [-0.3, -0.25) is 0 Å². The van der Waals surface area contributed by atoms with E-state index in [1.807, 2.05) is 0 Å². The van der Waals surface area contributed by atoms with Gasteiger partial charge in [-0.2, -0.15) is 0 Å². The average Bonchev–Trinajstić information content (AvgIpc) is 3.05. The Kier molecular flexibility index (Phi) is 49.4. The summed E-state index contributed by atoms with van der Waals surface area (Å²) < 4.78 is 2.91. The van der Waals surface area contributed by atoms with Gasteiger partial charge in [-0.1, -0.05) is 0 Å². The predicted molar refractivity (Wildman–Crippen MR) is 197 cm³/mol. The van der Waals surface area contributed by atoms with Crippen LogP contribution in [-0.4, -0.2) is 112 Å². The summed E-state index contributed by atoms with van der Waals surface area (Å²) in [7, 11) is 0. The van der Waals surface area contributed by atoms with Crippen molar-refractivity contribution in [3.8, 4) is 0 Å². The Balaban J connectivity index is -0.000000173. The van der Waals surface area contributed by atoms with Crippen LogP contribution in [-0.2, 0) is 28.8 Å². The summed E-state index contributed by atoms with van der Waals surface area (Å²) in [6, 6.07) is 0. The standard InChI is InChI=1S/2C8H17.3C6H10O4S.2Sn/c2*1-3-5-7-8-6-4-2;3*1-3(5(7)8)11-4(2)6(9)10;;/h2*1,3-8H2,2H3;3*3-4H,1-2H3,(H,7,8)(H,9,10);;/q;;;;;2*+3/p-6. The summed E-state index contributed by atoms with van der Waals surface area (Å²) in [5, 5.41) is 55.8. The van der Waals surface area contributed by atoms with Crippen molar-refractivity contribution in [1.82, 2.24) is 0 Å². The van der Waals surface area contributed by atoms with Crippen molar-refractivity contribution >= 4 is 116 Å². The molecule has 17 heteroatoms. The summed E-state index contributed by atoms with van der Waals surface area (Å²) in [5.41, 5.74) is 0. The van der Waals surface area contributed by atoms with Crippen LogP contribution >= 0.6 is 35.3 Å². The van der Waals surface area contributed by atoms with Crippen LogP contribution < -0.4 is 30.6 Å². The van der Waals surface area contributed by atoms with Gasteiger partial charge in [-0.25, -0.2) is 0 Å². The first kappa shape index (κ1) is 59.7. The van der Waals surface area contributed by atoms with Gasteiger partial charge in [-0.05, 0) is 41.5 Å². The third kappa shape index (κ3) is 49.5. The summed E-state index contributed by atoms with van der Waals surface area (Å²) in [5.74, 6) is -7.57. The van der Waals surface area contributed by atoms with Gasteiger partial charge in [0, 0.05) is 31.5 Å². The number of carbonyl (C=O) groups is 6. The number of rotatable bonds is 24. The third-order valence-corrected chi connectivity index (χ3v) is 11.9. The number of carboxylic acids is 6. The zero-order valence-corrected chi connectivity index (χ0v) is 39.6. The normalized spacial score (nSPS) is 13.6. The Hall–Kier alpha value is -0.533. The molecule has 0 spiro atoms. The second kappa shape index (κ2) is 42.2. The number of hydrogen-bond acceptors (Lipinski definition) is 15.